The van der Waals surface area contributed by atoms with Crippen molar-refractivity contribution in [2.45, 2.75) is 32.4 Å². The van der Waals surface area contributed by atoms with Gasteiger partial charge in [0.05, 0.1) is 30.9 Å². The molecule has 1 aliphatic heterocycles. The molecule has 1 aromatic heterocycles. The molecule has 5 nitrogen and oxygen atoms in total. The van der Waals surface area contributed by atoms with E-state index in [-0.39, 0.29) is 12.1 Å². The Kier molecular flexibility index (Phi) is 4.03. The van der Waals surface area contributed by atoms with Crippen LogP contribution in [-0.4, -0.2) is 47.0 Å². The molecule has 3 rings (SSSR count). The minimum atomic E-state index is -0.353. The molecule has 0 bridgehead atoms. The zero-order chi connectivity index (χ0) is 14.8. The molecular weight excluding hydrogens is 266 g/mol. The van der Waals surface area contributed by atoms with Gasteiger partial charge in [-0.15, -0.1) is 0 Å². The summed E-state index contributed by atoms with van der Waals surface area (Å²) in [4.78, 5) is 11.1. The molecular formula is C16H21N3O2. The number of aryl methyl sites for hydroxylation is 1. The van der Waals surface area contributed by atoms with Crippen LogP contribution in [0.25, 0.3) is 10.9 Å². The highest BCUT2D eigenvalue weighted by Crippen LogP contribution is 2.29. The lowest BCUT2D eigenvalue weighted by atomic mass is 10.1. The molecule has 5 heteroatoms. The van der Waals surface area contributed by atoms with Gasteiger partial charge in [-0.1, -0.05) is 12.1 Å². The van der Waals surface area contributed by atoms with Crippen molar-refractivity contribution < 1.29 is 9.84 Å². The predicted octanol–water partition coefficient (Wildman–Crippen LogP) is 1.91. The fraction of sp³-hybridized carbons (Fsp3) is 0.500. The molecule has 1 saturated heterocycles. The van der Waals surface area contributed by atoms with Gasteiger partial charge >= 0.3 is 0 Å². The first-order chi connectivity index (χ1) is 10.2. The second-order valence-corrected chi connectivity index (χ2v) is 5.67. The van der Waals surface area contributed by atoms with Crippen LogP contribution in [0.15, 0.2) is 24.5 Å². The molecule has 0 radical (unpaired) electrons. The quantitative estimate of drug-likeness (QED) is 0.934. The van der Waals surface area contributed by atoms with Gasteiger partial charge in [-0.2, -0.15) is 0 Å². The number of aliphatic hydroxyl groups excluding tert-OH is 1. The lowest BCUT2D eigenvalue weighted by molar-refractivity contribution is 0.0719. The number of hydrogen-bond acceptors (Lipinski definition) is 5. The molecule has 2 aromatic rings. The summed E-state index contributed by atoms with van der Waals surface area (Å²) in [6.07, 6.45) is 1.94. The highest BCUT2D eigenvalue weighted by molar-refractivity contribution is 5.92. The van der Waals surface area contributed by atoms with E-state index >= 15 is 0 Å². The first kappa shape index (κ1) is 14.2. The van der Waals surface area contributed by atoms with Gasteiger partial charge in [0, 0.05) is 11.9 Å². The van der Waals surface area contributed by atoms with Gasteiger partial charge in [-0.05, 0) is 31.9 Å². The smallest absolute Gasteiger partial charge is 0.140 e. The number of hydrogen-bond donors (Lipinski definition) is 1. The van der Waals surface area contributed by atoms with E-state index in [0.717, 1.165) is 23.3 Å². The largest absolute Gasteiger partial charge is 0.393 e. The summed E-state index contributed by atoms with van der Waals surface area (Å²) in [7, 11) is 0. The minimum Gasteiger partial charge on any atom is -0.393 e. The minimum absolute atomic E-state index is 0.149. The third-order valence-electron chi connectivity index (χ3n) is 3.96. The summed E-state index contributed by atoms with van der Waals surface area (Å²) in [5.74, 6) is 0.951. The Hall–Kier alpha value is -1.72. The van der Waals surface area contributed by atoms with Gasteiger partial charge in [0.15, 0.2) is 0 Å². The van der Waals surface area contributed by atoms with Crippen molar-refractivity contribution in [3.05, 3.63) is 30.1 Å². The van der Waals surface area contributed by atoms with Crippen molar-refractivity contribution >= 4 is 16.7 Å². The Morgan fingerprint density at radius 2 is 2.29 bits per heavy atom. The Morgan fingerprint density at radius 3 is 3.10 bits per heavy atom. The van der Waals surface area contributed by atoms with E-state index in [1.54, 1.807) is 6.33 Å². The number of rotatable bonds is 3. The van der Waals surface area contributed by atoms with Crippen molar-refractivity contribution in [3.8, 4) is 0 Å². The molecule has 0 saturated carbocycles. The second kappa shape index (κ2) is 5.95. The van der Waals surface area contributed by atoms with Crippen LogP contribution < -0.4 is 4.90 Å². The summed E-state index contributed by atoms with van der Waals surface area (Å²) in [5.41, 5.74) is 2.13. The fourth-order valence-corrected chi connectivity index (χ4v) is 3.00. The molecule has 1 aromatic carbocycles. The summed E-state index contributed by atoms with van der Waals surface area (Å²) in [6.45, 7) is 6.00. The highest BCUT2D eigenvalue weighted by Gasteiger charge is 2.27. The number of fused-ring (bicyclic) bond motifs is 1. The molecule has 112 valence electrons. The van der Waals surface area contributed by atoms with Gasteiger partial charge in [-0.3, -0.25) is 0 Å². The second-order valence-electron chi connectivity index (χ2n) is 5.67. The van der Waals surface area contributed by atoms with Crippen molar-refractivity contribution in [1.82, 2.24) is 9.97 Å². The first-order valence-electron chi connectivity index (χ1n) is 7.39. The number of anilines is 1. The third-order valence-corrected chi connectivity index (χ3v) is 3.96. The molecule has 2 unspecified atom stereocenters. The average molecular weight is 287 g/mol. The van der Waals surface area contributed by atoms with Gasteiger partial charge in [0.2, 0.25) is 0 Å². The standard InChI is InChI=1S/C16H21N3O2/c1-11-4-3-5-14-15(11)16(18-10-17-14)19-6-7-21-9-13(19)8-12(2)20/h3-5,10,12-13,20H,6-9H2,1-2H3. The molecule has 2 heterocycles. The van der Waals surface area contributed by atoms with Crippen LogP contribution in [0.5, 0.6) is 0 Å². The van der Waals surface area contributed by atoms with Crippen LogP contribution in [0.1, 0.15) is 18.9 Å². The van der Waals surface area contributed by atoms with E-state index in [1.165, 1.54) is 5.56 Å². The van der Waals surface area contributed by atoms with Crippen LogP contribution in [0, 0.1) is 6.92 Å². The van der Waals surface area contributed by atoms with E-state index in [2.05, 4.69) is 27.9 Å². The van der Waals surface area contributed by atoms with Crippen LogP contribution in [0.2, 0.25) is 0 Å². The monoisotopic (exact) mass is 287 g/mol. The Labute approximate surface area is 124 Å². The first-order valence-corrected chi connectivity index (χ1v) is 7.39. The molecule has 1 fully saturated rings. The molecule has 2 atom stereocenters. The normalized spacial score (nSPS) is 20.7. The Morgan fingerprint density at radius 1 is 1.43 bits per heavy atom. The number of nitrogens with zero attached hydrogens (tertiary/aromatic N) is 3. The molecule has 0 spiro atoms. The highest BCUT2D eigenvalue weighted by atomic mass is 16.5. The number of aliphatic hydroxyl groups is 1. The Bertz CT molecular complexity index is 625. The number of morpholine rings is 1. The van der Waals surface area contributed by atoms with Gasteiger partial charge < -0.3 is 14.7 Å². The van der Waals surface area contributed by atoms with E-state index in [4.69, 9.17) is 4.74 Å². The topological polar surface area (TPSA) is 58.5 Å². The van der Waals surface area contributed by atoms with Crippen molar-refractivity contribution in [3.63, 3.8) is 0 Å². The summed E-state index contributed by atoms with van der Waals surface area (Å²) < 4.78 is 5.58. The average Bonchev–Trinajstić information content (AvgIpc) is 2.47. The number of aromatic nitrogens is 2. The van der Waals surface area contributed by atoms with Crippen LogP contribution in [0.3, 0.4) is 0 Å². The number of ether oxygens (including phenoxy) is 1. The van der Waals surface area contributed by atoms with Gasteiger partial charge in [-0.25, -0.2) is 9.97 Å². The van der Waals surface area contributed by atoms with Crippen molar-refractivity contribution in [2.24, 2.45) is 0 Å². The number of benzene rings is 1. The van der Waals surface area contributed by atoms with Crippen molar-refractivity contribution in [1.29, 1.82) is 0 Å². The van der Waals surface area contributed by atoms with Crippen molar-refractivity contribution in [2.75, 3.05) is 24.7 Å². The zero-order valence-electron chi connectivity index (χ0n) is 12.5. The fourth-order valence-electron chi connectivity index (χ4n) is 3.00. The molecule has 1 N–H and O–H groups in total. The maximum Gasteiger partial charge on any atom is 0.140 e. The Balaban J connectivity index is 2.05. The summed E-state index contributed by atoms with van der Waals surface area (Å²) in [6, 6.07) is 6.26. The lowest BCUT2D eigenvalue weighted by Crippen LogP contribution is -2.47. The molecule has 1 aliphatic rings. The lowest BCUT2D eigenvalue weighted by Gasteiger charge is -2.37. The maximum absolute atomic E-state index is 9.72. The predicted molar refractivity (Wildman–Crippen MR) is 82.5 cm³/mol. The SMILES string of the molecule is Cc1cccc2ncnc(N3CCOCC3CC(C)O)c12. The summed E-state index contributed by atoms with van der Waals surface area (Å²) >= 11 is 0. The van der Waals surface area contributed by atoms with Gasteiger partial charge in [0.1, 0.15) is 12.1 Å². The van der Waals surface area contributed by atoms with Crippen LogP contribution in [0.4, 0.5) is 5.82 Å². The molecule has 0 aliphatic carbocycles. The van der Waals surface area contributed by atoms with Crippen LogP contribution >= 0.6 is 0 Å². The van der Waals surface area contributed by atoms with Gasteiger partial charge in [0.25, 0.3) is 0 Å². The van der Waals surface area contributed by atoms with E-state index in [0.29, 0.717) is 19.6 Å². The molecule has 21 heavy (non-hydrogen) atoms. The van der Waals surface area contributed by atoms with E-state index in [1.807, 2.05) is 19.1 Å². The summed E-state index contributed by atoms with van der Waals surface area (Å²) in [5, 5.41) is 10.8. The maximum atomic E-state index is 9.72. The molecule has 0 amide bonds. The van der Waals surface area contributed by atoms with Crippen LogP contribution in [-0.2, 0) is 4.74 Å². The van der Waals surface area contributed by atoms with E-state index < -0.39 is 0 Å². The zero-order valence-corrected chi connectivity index (χ0v) is 12.5. The third kappa shape index (κ3) is 2.84. The van der Waals surface area contributed by atoms with E-state index in [9.17, 15) is 5.11 Å².